The minimum atomic E-state index is -0.609. The van der Waals surface area contributed by atoms with Gasteiger partial charge in [0.05, 0.1) is 0 Å². The second kappa shape index (κ2) is 7.48. The summed E-state index contributed by atoms with van der Waals surface area (Å²) in [6.07, 6.45) is 0. The smallest absolute Gasteiger partial charge is 0.244 e. The molecular weight excluding hydrogens is 296 g/mol. The highest BCUT2D eigenvalue weighted by atomic mass is 16.2. The Kier molecular flexibility index (Phi) is 5.40. The van der Waals surface area contributed by atoms with Crippen molar-refractivity contribution < 1.29 is 9.59 Å². The zero-order chi connectivity index (χ0) is 16.8. The summed E-state index contributed by atoms with van der Waals surface area (Å²) in [5, 5.41) is 17.2. The number of carbonyl (C=O) groups excluding carboxylic acids is 2. The number of nitrogens with one attached hydrogen (secondary N) is 2. The monoisotopic (exact) mass is 316 g/mol. The van der Waals surface area contributed by atoms with Gasteiger partial charge in [-0.05, 0) is 26.0 Å². The van der Waals surface area contributed by atoms with Crippen molar-refractivity contribution >= 4 is 11.8 Å². The molecule has 2 N–H and O–H groups in total. The van der Waals surface area contributed by atoms with Crippen LogP contribution in [0.2, 0.25) is 0 Å². The van der Waals surface area contributed by atoms with Gasteiger partial charge in [0, 0.05) is 12.1 Å². The van der Waals surface area contributed by atoms with Crippen LogP contribution in [0.3, 0.4) is 0 Å². The third kappa shape index (κ3) is 4.60. The van der Waals surface area contributed by atoms with Crippen molar-refractivity contribution in [2.24, 2.45) is 0 Å². The molecule has 0 aliphatic rings. The van der Waals surface area contributed by atoms with E-state index >= 15 is 0 Å². The molecule has 1 heterocycles. The van der Waals surface area contributed by atoms with Gasteiger partial charge in [-0.2, -0.15) is 4.80 Å². The van der Waals surface area contributed by atoms with E-state index in [2.05, 4.69) is 26.0 Å². The third-order valence-corrected chi connectivity index (χ3v) is 3.17. The minimum absolute atomic E-state index is 0.0946. The lowest BCUT2D eigenvalue weighted by Crippen LogP contribution is -2.45. The van der Waals surface area contributed by atoms with Crippen LogP contribution in [-0.4, -0.2) is 44.6 Å². The summed E-state index contributed by atoms with van der Waals surface area (Å²) < 4.78 is 0. The van der Waals surface area contributed by atoms with E-state index in [0.29, 0.717) is 12.4 Å². The van der Waals surface area contributed by atoms with Crippen LogP contribution < -0.4 is 10.6 Å². The van der Waals surface area contributed by atoms with Crippen molar-refractivity contribution in [1.82, 2.24) is 30.8 Å². The fraction of sp³-hybridized carbons (Fsp3) is 0.400. The van der Waals surface area contributed by atoms with E-state index in [0.717, 1.165) is 11.1 Å². The second-order valence-electron chi connectivity index (χ2n) is 5.19. The average molecular weight is 316 g/mol. The van der Waals surface area contributed by atoms with Gasteiger partial charge in [-0.3, -0.25) is 9.59 Å². The highest BCUT2D eigenvalue weighted by molar-refractivity contribution is 5.87. The molecule has 122 valence electrons. The van der Waals surface area contributed by atoms with Crippen LogP contribution in [0.15, 0.2) is 24.3 Å². The lowest BCUT2D eigenvalue weighted by molar-refractivity contribution is -0.129. The number of carbonyl (C=O) groups is 2. The average Bonchev–Trinajstić information content (AvgIpc) is 2.96. The number of likely N-dealkylation sites (N-methyl/N-ethyl adjacent to an activating group) is 1. The van der Waals surface area contributed by atoms with E-state index in [1.54, 1.807) is 6.92 Å². The van der Waals surface area contributed by atoms with Crippen molar-refractivity contribution in [3.8, 4) is 11.4 Å². The molecule has 0 aliphatic carbocycles. The number of aromatic nitrogens is 4. The first-order chi connectivity index (χ1) is 11.0. The number of aryl methyl sites for hydroxylation is 1. The number of hydrogen-bond acceptors (Lipinski definition) is 5. The normalized spacial score (nSPS) is 11.8. The Labute approximate surface area is 134 Å². The van der Waals surface area contributed by atoms with Gasteiger partial charge >= 0.3 is 0 Å². The molecule has 0 saturated heterocycles. The predicted octanol–water partition coefficient (Wildman–Crippen LogP) is 0.289. The van der Waals surface area contributed by atoms with Gasteiger partial charge in [0.2, 0.25) is 17.6 Å². The van der Waals surface area contributed by atoms with Crippen LogP contribution in [0.5, 0.6) is 0 Å². The van der Waals surface area contributed by atoms with Crippen LogP contribution >= 0.6 is 0 Å². The number of benzene rings is 1. The maximum atomic E-state index is 11.9. The fourth-order valence-corrected chi connectivity index (χ4v) is 1.94. The molecule has 0 aliphatic heterocycles. The first kappa shape index (κ1) is 16.6. The summed E-state index contributed by atoms with van der Waals surface area (Å²) in [6.45, 7) is 5.86. The first-order valence-corrected chi connectivity index (χ1v) is 7.41. The molecule has 0 unspecified atom stereocenters. The summed E-state index contributed by atoms with van der Waals surface area (Å²) in [6, 6.07) is 7.09. The van der Waals surface area contributed by atoms with E-state index in [1.165, 1.54) is 4.80 Å². The Morgan fingerprint density at radius 1 is 1.26 bits per heavy atom. The van der Waals surface area contributed by atoms with Gasteiger partial charge in [-0.15, -0.1) is 10.2 Å². The molecule has 0 fully saturated rings. The SMILES string of the molecule is CCNC(=O)[C@@H](C)NC(=O)Cn1nnc(-c2ccc(C)cc2)n1. The Hall–Kier alpha value is -2.77. The van der Waals surface area contributed by atoms with E-state index in [4.69, 9.17) is 0 Å². The second-order valence-corrected chi connectivity index (χ2v) is 5.19. The van der Waals surface area contributed by atoms with Gasteiger partial charge in [-0.25, -0.2) is 0 Å². The molecular formula is C15H20N6O2. The first-order valence-electron chi connectivity index (χ1n) is 7.41. The van der Waals surface area contributed by atoms with E-state index in [1.807, 2.05) is 38.1 Å². The maximum Gasteiger partial charge on any atom is 0.244 e. The fourth-order valence-electron chi connectivity index (χ4n) is 1.94. The zero-order valence-corrected chi connectivity index (χ0v) is 13.4. The van der Waals surface area contributed by atoms with E-state index in [9.17, 15) is 9.59 Å². The van der Waals surface area contributed by atoms with Gasteiger partial charge in [0.15, 0.2) is 0 Å². The zero-order valence-electron chi connectivity index (χ0n) is 13.4. The van der Waals surface area contributed by atoms with Gasteiger partial charge < -0.3 is 10.6 Å². The topological polar surface area (TPSA) is 102 Å². The van der Waals surface area contributed by atoms with Gasteiger partial charge in [0.25, 0.3) is 0 Å². The van der Waals surface area contributed by atoms with Crippen LogP contribution in [0, 0.1) is 6.92 Å². The molecule has 2 aromatic rings. The van der Waals surface area contributed by atoms with Crippen LogP contribution in [-0.2, 0) is 16.1 Å². The number of hydrogen-bond donors (Lipinski definition) is 2. The largest absolute Gasteiger partial charge is 0.355 e. The Morgan fingerprint density at radius 3 is 2.61 bits per heavy atom. The number of tetrazole rings is 1. The van der Waals surface area contributed by atoms with Crippen LogP contribution in [0.4, 0.5) is 0 Å². The third-order valence-electron chi connectivity index (χ3n) is 3.17. The molecule has 2 amide bonds. The molecule has 0 bridgehead atoms. The highest BCUT2D eigenvalue weighted by Crippen LogP contribution is 2.13. The van der Waals surface area contributed by atoms with Gasteiger partial charge in [-0.1, -0.05) is 29.8 Å². The van der Waals surface area contributed by atoms with E-state index < -0.39 is 6.04 Å². The lowest BCUT2D eigenvalue weighted by atomic mass is 10.1. The molecule has 1 aromatic carbocycles. The minimum Gasteiger partial charge on any atom is -0.355 e. The Morgan fingerprint density at radius 2 is 1.96 bits per heavy atom. The number of amides is 2. The molecule has 2 rings (SSSR count). The quantitative estimate of drug-likeness (QED) is 0.797. The van der Waals surface area contributed by atoms with Crippen LogP contribution in [0.1, 0.15) is 19.4 Å². The molecule has 8 heteroatoms. The van der Waals surface area contributed by atoms with Crippen LogP contribution in [0.25, 0.3) is 11.4 Å². The molecule has 1 aromatic heterocycles. The van der Waals surface area contributed by atoms with Crippen molar-refractivity contribution in [2.75, 3.05) is 6.54 Å². The molecule has 8 nitrogen and oxygen atoms in total. The molecule has 0 saturated carbocycles. The molecule has 0 spiro atoms. The predicted molar refractivity (Wildman–Crippen MR) is 84.3 cm³/mol. The van der Waals surface area contributed by atoms with Crippen molar-refractivity contribution in [1.29, 1.82) is 0 Å². The Bertz CT molecular complexity index is 680. The summed E-state index contributed by atoms with van der Waals surface area (Å²) in [7, 11) is 0. The summed E-state index contributed by atoms with van der Waals surface area (Å²) >= 11 is 0. The molecule has 0 radical (unpaired) electrons. The maximum absolute atomic E-state index is 11.9. The molecule has 23 heavy (non-hydrogen) atoms. The standard InChI is InChI=1S/C15H20N6O2/c1-4-16-15(23)11(3)17-13(22)9-21-19-14(18-20-21)12-7-5-10(2)6-8-12/h5-8,11H,4,9H2,1-3H3,(H,16,23)(H,17,22)/t11-/m1/s1. The van der Waals surface area contributed by atoms with Crippen molar-refractivity contribution in [2.45, 2.75) is 33.4 Å². The lowest BCUT2D eigenvalue weighted by Gasteiger charge is -2.12. The number of rotatable bonds is 6. The summed E-state index contributed by atoms with van der Waals surface area (Å²) in [5.41, 5.74) is 1.97. The van der Waals surface area contributed by atoms with E-state index in [-0.39, 0.29) is 18.4 Å². The molecule has 1 atom stereocenters. The summed E-state index contributed by atoms with van der Waals surface area (Å²) in [5.74, 6) is -0.126. The van der Waals surface area contributed by atoms with Crippen molar-refractivity contribution in [3.05, 3.63) is 29.8 Å². The van der Waals surface area contributed by atoms with Gasteiger partial charge in [0.1, 0.15) is 12.6 Å². The van der Waals surface area contributed by atoms with Crippen molar-refractivity contribution in [3.63, 3.8) is 0 Å². The number of nitrogens with zero attached hydrogens (tertiary/aromatic N) is 4. The highest BCUT2D eigenvalue weighted by Gasteiger charge is 2.16. The summed E-state index contributed by atoms with van der Waals surface area (Å²) in [4.78, 5) is 24.7. The Balaban J connectivity index is 1.95.